The van der Waals surface area contributed by atoms with E-state index < -0.39 is 25.4 Å². The van der Waals surface area contributed by atoms with E-state index >= 15 is 0 Å². The minimum Gasteiger partial charge on any atom is -0.242 e. The zero-order chi connectivity index (χ0) is 9.40. The molecular weight excluding hydrogens is 170 g/mol. The van der Waals surface area contributed by atoms with Gasteiger partial charge in [0.15, 0.2) is 12.3 Å². The summed E-state index contributed by atoms with van der Waals surface area (Å²) in [7, 11) is 0. The first-order valence-corrected chi connectivity index (χ1v) is 3.07. The van der Waals surface area contributed by atoms with Crippen molar-refractivity contribution in [2.24, 2.45) is 9.98 Å². The Labute approximate surface area is 67.0 Å². The lowest BCUT2D eigenvalue weighted by atomic mass is 10.2. The molecule has 0 saturated heterocycles. The van der Waals surface area contributed by atoms with Gasteiger partial charge in [-0.25, -0.2) is 28.4 Å². The van der Waals surface area contributed by atoms with Gasteiger partial charge in [0.2, 0.25) is 12.2 Å². The Morgan fingerprint density at radius 3 is 1.58 bits per heavy atom. The number of carbonyl (C=O) groups excluding carboxylic acids is 2. The molecule has 4 nitrogen and oxygen atoms in total. The highest BCUT2D eigenvalue weighted by atomic mass is 19.2. The predicted octanol–water partition coefficient (Wildman–Crippen LogP) is 0.334. The van der Waals surface area contributed by atoms with E-state index in [0.717, 1.165) is 12.2 Å². The Morgan fingerprint density at radius 2 is 1.33 bits per heavy atom. The number of isocyanates is 2. The monoisotopic (exact) mass is 176 g/mol. The molecule has 0 bridgehead atoms. The average Bonchev–Trinajstić information content (AvgIpc) is 2.10. The van der Waals surface area contributed by atoms with Crippen molar-refractivity contribution in [2.75, 3.05) is 13.1 Å². The van der Waals surface area contributed by atoms with Crippen LogP contribution in [-0.4, -0.2) is 37.6 Å². The molecule has 0 heterocycles. The van der Waals surface area contributed by atoms with Crippen molar-refractivity contribution in [3.8, 4) is 0 Å². The van der Waals surface area contributed by atoms with Gasteiger partial charge in [0.25, 0.3) is 0 Å². The number of nitrogens with zero attached hydrogens (tertiary/aromatic N) is 2. The fourth-order valence-corrected chi connectivity index (χ4v) is 0.478. The van der Waals surface area contributed by atoms with E-state index in [0.29, 0.717) is 0 Å². The number of halogens is 2. The molecule has 0 aliphatic rings. The molecule has 0 fully saturated rings. The first-order valence-electron chi connectivity index (χ1n) is 3.07. The first kappa shape index (κ1) is 10.6. The SMILES string of the molecule is O=C=NCC(F)C(F)CN=C=O. The van der Waals surface area contributed by atoms with Gasteiger partial charge >= 0.3 is 0 Å². The maximum absolute atomic E-state index is 12.5. The molecule has 0 aliphatic heterocycles. The molecule has 0 radical (unpaired) electrons. The van der Waals surface area contributed by atoms with Crippen LogP contribution >= 0.6 is 0 Å². The van der Waals surface area contributed by atoms with Crippen LogP contribution in [0, 0.1) is 0 Å². The van der Waals surface area contributed by atoms with E-state index in [1.807, 2.05) is 0 Å². The van der Waals surface area contributed by atoms with Crippen molar-refractivity contribution in [1.29, 1.82) is 0 Å². The zero-order valence-corrected chi connectivity index (χ0v) is 6.04. The summed E-state index contributed by atoms with van der Waals surface area (Å²) in [5.41, 5.74) is 0. The zero-order valence-electron chi connectivity index (χ0n) is 6.04. The summed E-state index contributed by atoms with van der Waals surface area (Å²) >= 11 is 0. The molecule has 66 valence electrons. The molecule has 0 N–H and O–H groups in total. The second-order valence-corrected chi connectivity index (χ2v) is 1.90. The molecule has 0 aromatic rings. The van der Waals surface area contributed by atoms with E-state index in [-0.39, 0.29) is 0 Å². The summed E-state index contributed by atoms with van der Waals surface area (Å²) in [5.74, 6) is 0. The van der Waals surface area contributed by atoms with Crippen LogP contribution in [0.3, 0.4) is 0 Å². The maximum atomic E-state index is 12.5. The molecule has 0 amide bonds. The van der Waals surface area contributed by atoms with Crippen LogP contribution in [0.4, 0.5) is 8.78 Å². The Bertz CT molecular complexity index is 198. The van der Waals surface area contributed by atoms with Crippen molar-refractivity contribution in [3.63, 3.8) is 0 Å². The van der Waals surface area contributed by atoms with E-state index in [2.05, 4.69) is 9.98 Å². The van der Waals surface area contributed by atoms with Gasteiger partial charge in [-0.3, -0.25) is 0 Å². The number of alkyl halides is 2. The standard InChI is InChI=1S/C6H6F2N2O2/c7-5(1-9-3-11)6(8)2-10-4-12/h5-6H,1-2H2. The van der Waals surface area contributed by atoms with Crippen LogP contribution < -0.4 is 0 Å². The van der Waals surface area contributed by atoms with E-state index in [4.69, 9.17) is 0 Å². The van der Waals surface area contributed by atoms with Crippen molar-refractivity contribution < 1.29 is 18.4 Å². The summed E-state index contributed by atoms with van der Waals surface area (Å²) in [6, 6.07) is 0. The van der Waals surface area contributed by atoms with Crippen LogP contribution in [0.5, 0.6) is 0 Å². The summed E-state index contributed by atoms with van der Waals surface area (Å²) in [6.07, 6.45) is -1.71. The normalized spacial score (nSPS) is 13.8. The molecule has 2 atom stereocenters. The lowest BCUT2D eigenvalue weighted by Gasteiger charge is -2.06. The highest BCUT2D eigenvalue weighted by molar-refractivity contribution is 5.33. The predicted molar refractivity (Wildman–Crippen MR) is 35.8 cm³/mol. The average molecular weight is 176 g/mol. The van der Waals surface area contributed by atoms with E-state index in [1.165, 1.54) is 0 Å². The quantitative estimate of drug-likeness (QED) is 0.447. The van der Waals surface area contributed by atoms with Crippen molar-refractivity contribution in [1.82, 2.24) is 0 Å². The Kier molecular flexibility index (Phi) is 5.61. The van der Waals surface area contributed by atoms with Crippen LogP contribution in [0.25, 0.3) is 0 Å². The van der Waals surface area contributed by atoms with Crippen LogP contribution in [-0.2, 0) is 9.59 Å². The second kappa shape index (κ2) is 6.34. The third-order valence-corrected chi connectivity index (χ3v) is 1.05. The number of aliphatic imine (C=N–C) groups is 2. The minimum atomic E-state index is -1.93. The van der Waals surface area contributed by atoms with Crippen molar-refractivity contribution in [2.45, 2.75) is 12.3 Å². The molecule has 0 aliphatic carbocycles. The Morgan fingerprint density at radius 1 is 1.00 bits per heavy atom. The molecular formula is C6H6F2N2O2. The number of hydrogen-bond acceptors (Lipinski definition) is 4. The molecule has 0 aromatic carbocycles. The van der Waals surface area contributed by atoms with Gasteiger partial charge in [-0.1, -0.05) is 0 Å². The summed E-state index contributed by atoms with van der Waals surface area (Å²) < 4.78 is 24.9. The fourth-order valence-electron chi connectivity index (χ4n) is 0.478. The molecule has 0 saturated carbocycles. The highest BCUT2D eigenvalue weighted by Gasteiger charge is 2.19. The maximum Gasteiger partial charge on any atom is 0.235 e. The smallest absolute Gasteiger partial charge is 0.235 e. The first-order chi connectivity index (χ1) is 5.72. The van der Waals surface area contributed by atoms with Gasteiger partial charge in [0.05, 0.1) is 13.1 Å². The van der Waals surface area contributed by atoms with Gasteiger partial charge in [-0.05, 0) is 0 Å². The van der Waals surface area contributed by atoms with E-state index in [1.54, 1.807) is 0 Å². The summed E-state index contributed by atoms with van der Waals surface area (Å²) in [6.45, 7) is -1.20. The molecule has 2 unspecified atom stereocenters. The van der Waals surface area contributed by atoms with Gasteiger partial charge < -0.3 is 0 Å². The lowest BCUT2D eigenvalue weighted by molar-refractivity contribution is 0.180. The molecule has 0 aromatic heterocycles. The third kappa shape index (κ3) is 4.44. The Balaban J connectivity index is 3.82. The highest BCUT2D eigenvalue weighted by Crippen LogP contribution is 2.04. The van der Waals surface area contributed by atoms with Crippen LogP contribution in [0.2, 0.25) is 0 Å². The number of rotatable bonds is 5. The van der Waals surface area contributed by atoms with Gasteiger partial charge in [-0.2, -0.15) is 0 Å². The van der Waals surface area contributed by atoms with Crippen molar-refractivity contribution >= 4 is 12.2 Å². The van der Waals surface area contributed by atoms with Crippen molar-refractivity contribution in [3.05, 3.63) is 0 Å². The lowest BCUT2D eigenvalue weighted by Crippen LogP contribution is -2.23. The summed E-state index contributed by atoms with van der Waals surface area (Å²) in [5, 5.41) is 0. The van der Waals surface area contributed by atoms with Crippen LogP contribution in [0.15, 0.2) is 9.98 Å². The Hall–Kier alpha value is -1.38. The molecule has 12 heavy (non-hydrogen) atoms. The second-order valence-electron chi connectivity index (χ2n) is 1.90. The molecule has 0 rings (SSSR count). The number of hydrogen-bond donors (Lipinski definition) is 0. The van der Waals surface area contributed by atoms with Gasteiger partial charge in [0, 0.05) is 0 Å². The minimum absolute atomic E-state index is 0.598. The third-order valence-electron chi connectivity index (χ3n) is 1.05. The van der Waals surface area contributed by atoms with Gasteiger partial charge in [0.1, 0.15) is 0 Å². The van der Waals surface area contributed by atoms with E-state index in [9.17, 15) is 18.4 Å². The summed E-state index contributed by atoms with van der Waals surface area (Å²) in [4.78, 5) is 24.6. The van der Waals surface area contributed by atoms with Gasteiger partial charge in [-0.15, -0.1) is 0 Å². The topological polar surface area (TPSA) is 58.9 Å². The van der Waals surface area contributed by atoms with Crippen LogP contribution in [0.1, 0.15) is 0 Å². The fraction of sp³-hybridized carbons (Fsp3) is 0.667. The largest absolute Gasteiger partial charge is 0.242 e. The molecule has 0 spiro atoms. The molecule has 6 heteroatoms.